The number of anilines is 1. The molecule has 1 aromatic carbocycles. The Labute approximate surface area is 130 Å². The number of hydrogen-bond donors (Lipinski definition) is 2. The number of hydrogen-bond acceptors (Lipinski definition) is 2. The summed E-state index contributed by atoms with van der Waals surface area (Å²) in [5.74, 6) is -1.47. The van der Waals surface area contributed by atoms with Crippen LogP contribution in [0.1, 0.15) is 26.7 Å². The molecule has 0 aromatic heterocycles. The minimum absolute atomic E-state index is 0.285. The van der Waals surface area contributed by atoms with Crippen molar-refractivity contribution in [3.05, 3.63) is 27.6 Å². The molecule has 0 spiro atoms. The maximum absolute atomic E-state index is 13.4. The van der Waals surface area contributed by atoms with Gasteiger partial charge in [0.25, 0.3) is 0 Å². The smallest absolute Gasteiger partial charge is 0.313 e. The Morgan fingerprint density at radius 2 is 1.95 bits per heavy atom. The van der Waals surface area contributed by atoms with Gasteiger partial charge in [0, 0.05) is 5.54 Å². The van der Waals surface area contributed by atoms with E-state index in [1.807, 2.05) is 13.8 Å². The second-order valence-electron chi connectivity index (χ2n) is 5.51. The average molecular weight is 390 g/mol. The molecule has 0 saturated heterocycles. The molecule has 0 radical (unpaired) electrons. The molecule has 1 aliphatic rings. The highest BCUT2D eigenvalue weighted by Crippen LogP contribution is 2.39. The summed E-state index contributed by atoms with van der Waals surface area (Å²) >= 11 is 1.79. The lowest BCUT2D eigenvalue weighted by atomic mass is 9.99. The van der Waals surface area contributed by atoms with Gasteiger partial charge in [-0.15, -0.1) is 0 Å². The SMILES string of the molecule is CC(C)(NC(=O)C(=O)Nc1cccc(F)c1I)C1CC1. The molecule has 6 heteroatoms. The lowest BCUT2D eigenvalue weighted by molar-refractivity contribution is -0.137. The third kappa shape index (κ3) is 3.47. The molecule has 1 saturated carbocycles. The Kier molecular flexibility index (Phi) is 4.31. The summed E-state index contributed by atoms with van der Waals surface area (Å²) in [6.45, 7) is 3.81. The summed E-state index contributed by atoms with van der Waals surface area (Å²) < 4.78 is 13.6. The predicted molar refractivity (Wildman–Crippen MR) is 82.7 cm³/mol. The number of carbonyl (C=O) groups is 2. The van der Waals surface area contributed by atoms with Crippen LogP contribution in [0.4, 0.5) is 10.1 Å². The zero-order valence-electron chi connectivity index (χ0n) is 11.3. The number of rotatable bonds is 3. The fourth-order valence-corrected chi connectivity index (χ4v) is 2.53. The van der Waals surface area contributed by atoms with Gasteiger partial charge in [-0.05, 0) is 67.3 Å². The number of carbonyl (C=O) groups excluding carboxylic acids is 2. The maximum Gasteiger partial charge on any atom is 0.313 e. The van der Waals surface area contributed by atoms with Crippen LogP contribution in [-0.4, -0.2) is 17.4 Å². The first-order valence-electron chi connectivity index (χ1n) is 6.39. The quantitative estimate of drug-likeness (QED) is 0.616. The van der Waals surface area contributed by atoms with Crippen molar-refractivity contribution in [3.8, 4) is 0 Å². The average Bonchev–Trinajstić information content (AvgIpc) is 3.18. The van der Waals surface area contributed by atoms with Crippen LogP contribution in [0.15, 0.2) is 18.2 Å². The molecule has 4 nitrogen and oxygen atoms in total. The molecule has 2 amide bonds. The van der Waals surface area contributed by atoms with E-state index in [0.717, 1.165) is 12.8 Å². The molecule has 0 unspecified atom stereocenters. The minimum Gasteiger partial charge on any atom is -0.343 e. The van der Waals surface area contributed by atoms with Gasteiger partial charge >= 0.3 is 11.8 Å². The van der Waals surface area contributed by atoms with E-state index >= 15 is 0 Å². The van der Waals surface area contributed by atoms with Gasteiger partial charge in [0.2, 0.25) is 0 Å². The van der Waals surface area contributed by atoms with E-state index in [-0.39, 0.29) is 9.11 Å². The normalized spacial score (nSPS) is 14.8. The molecule has 1 aliphatic carbocycles. The number of halogens is 2. The summed E-state index contributed by atoms with van der Waals surface area (Å²) in [6, 6.07) is 4.34. The Hall–Kier alpha value is -1.18. The summed E-state index contributed by atoms with van der Waals surface area (Å²) in [6.07, 6.45) is 2.13. The monoisotopic (exact) mass is 390 g/mol. The van der Waals surface area contributed by atoms with E-state index < -0.39 is 17.6 Å². The second kappa shape index (κ2) is 5.67. The summed E-state index contributed by atoms with van der Waals surface area (Å²) in [5, 5.41) is 5.16. The maximum atomic E-state index is 13.4. The molecular weight excluding hydrogens is 374 g/mol. The molecule has 2 rings (SSSR count). The van der Waals surface area contributed by atoms with Gasteiger partial charge in [-0.25, -0.2) is 4.39 Å². The highest BCUT2D eigenvalue weighted by atomic mass is 127. The highest BCUT2D eigenvalue weighted by molar-refractivity contribution is 14.1. The Morgan fingerprint density at radius 3 is 2.55 bits per heavy atom. The van der Waals surface area contributed by atoms with Gasteiger partial charge in [-0.3, -0.25) is 9.59 Å². The standard InChI is InChI=1S/C14H16FIN2O2/c1-14(2,8-6-7-8)18-13(20)12(19)17-10-5-3-4-9(15)11(10)16/h3-5,8H,6-7H2,1-2H3,(H,17,19)(H,18,20). The first-order valence-corrected chi connectivity index (χ1v) is 7.46. The van der Waals surface area contributed by atoms with Crippen molar-refractivity contribution < 1.29 is 14.0 Å². The first-order chi connectivity index (χ1) is 9.31. The second-order valence-corrected chi connectivity index (χ2v) is 6.58. The summed E-state index contributed by atoms with van der Waals surface area (Å²) in [4.78, 5) is 23.7. The molecule has 2 N–H and O–H groups in total. The van der Waals surface area contributed by atoms with Crippen molar-refractivity contribution in [2.24, 2.45) is 5.92 Å². The van der Waals surface area contributed by atoms with E-state index in [9.17, 15) is 14.0 Å². The predicted octanol–water partition coefficient (Wildman–Crippen LogP) is 2.67. The summed E-state index contributed by atoms with van der Waals surface area (Å²) in [5.41, 5.74) is -0.0845. The fourth-order valence-electron chi connectivity index (χ4n) is 2.04. The van der Waals surface area contributed by atoms with Gasteiger partial charge in [-0.2, -0.15) is 0 Å². The number of amides is 2. The van der Waals surface area contributed by atoms with Crippen LogP contribution >= 0.6 is 22.6 Å². The van der Waals surface area contributed by atoms with E-state index in [1.165, 1.54) is 12.1 Å². The first kappa shape index (κ1) is 15.2. The Bertz CT molecular complexity index is 556. The molecule has 0 heterocycles. The van der Waals surface area contributed by atoms with Crippen LogP contribution in [0.2, 0.25) is 0 Å². The summed E-state index contributed by atoms with van der Waals surface area (Å²) in [7, 11) is 0. The molecular formula is C14H16FIN2O2. The number of nitrogens with one attached hydrogen (secondary N) is 2. The van der Waals surface area contributed by atoms with Crippen molar-refractivity contribution in [1.29, 1.82) is 0 Å². The van der Waals surface area contributed by atoms with Crippen LogP contribution in [0.3, 0.4) is 0 Å². The third-order valence-electron chi connectivity index (χ3n) is 3.44. The topological polar surface area (TPSA) is 58.2 Å². The largest absolute Gasteiger partial charge is 0.343 e. The molecule has 0 aliphatic heterocycles. The van der Waals surface area contributed by atoms with Gasteiger partial charge in [0.05, 0.1) is 9.26 Å². The van der Waals surface area contributed by atoms with Crippen molar-refractivity contribution >= 4 is 40.1 Å². The van der Waals surface area contributed by atoms with E-state index in [4.69, 9.17) is 0 Å². The lowest BCUT2D eigenvalue weighted by Gasteiger charge is -2.25. The third-order valence-corrected chi connectivity index (χ3v) is 4.54. The zero-order valence-corrected chi connectivity index (χ0v) is 13.5. The van der Waals surface area contributed by atoms with E-state index in [1.54, 1.807) is 28.7 Å². The Morgan fingerprint density at radius 1 is 1.30 bits per heavy atom. The molecule has 0 atom stereocenters. The van der Waals surface area contributed by atoms with Crippen LogP contribution < -0.4 is 10.6 Å². The molecule has 108 valence electrons. The van der Waals surface area contributed by atoms with Gasteiger partial charge in [-0.1, -0.05) is 6.07 Å². The molecule has 1 fully saturated rings. The van der Waals surface area contributed by atoms with Crippen LogP contribution in [0.25, 0.3) is 0 Å². The van der Waals surface area contributed by atoms with Gasteiger partial charge < -0.3 is 10.6 Å². The molecule has 1 aromatic rings. The van der Waals surface area contributed by atoms with Crippen LogP contribution in [0.5, 0.6) is 0 Å². The van der Waals surface area contributed by atoms with Crippen molar-refractivity contribution in [1.82, 2.24) is 5.32 Å². The fraction of sp³-hybridized carbons (Fsp3) is 0.429. The van der Waals surface area contributed by atoms with Crippen LogP contribution in [-0.2, 0) is 9.59 Å². The van der Waals surface area contributed by atoms with Gasteiger partial charge in [0.15, 0.2) is 0 Å². The highest BCUT2D eigenvalue weighted by Gasteiger charge is 2.39. The van der Waals surface area contributed by atoms with Crippen molar-refractivity contribution in [2.45, 2.75) is 32.2 Å². The molecule has 0 bridgehead atoms. The minimum atomic E-state index is -0.776. The van der Waals surface area contributed by atoms with Crippen LogP contribution in [0, 0.1) is 15.3 Å². The van der Waals surface area contributed by atoms with E-state index in [2.05, 4.69) is 10.6 Å². The van der Waals surface area contributed by atoms with Gasteiger partial charge in [0.1, 0.15) is 5.82 Å². The van der Waals surface area contributed by atoms with Crippen molar-refractivity contribution in [2.75, 3.05) is 5.32 Å². The lowest BCUT2D eigenvalue weighted by Crippen LogP contribution is -2.49. The zero-order chi connectivity index (χ0) is 14.9. The number of benzene rings is 1. The Balaban J connectivity index is 2.01. The molecule has 20 heavy (non-hydrogen) atoms. The van der Waals surface area contributed by atoms with E-state index in [0.29, 0.717) is 11.6 Å². The van der Waals surface area contributed by atoms with Crippen molar-refractivity contribution in [3.63, 3.8) is 0 Å².